The van der Waals surface area contributed by atoms with E-state index in [0.29, 0.717) is 17.1 Å². The maximum absolute atomic E-state index is 12.7. The quantitative estimate of drug-likeness (QED) is 0.238. The summed E-state index contributed by atoms with van der Waals surface area (Å²) in [5.74, 6) is -0.325. The first-order chi connectivity index (χ1) is 14.4. The molecule has 2 aromatic carbocycles. The average Bonchev–Trinajstić information content (AvgIpc) is 3.15. The molecular formula is C22H21N7O. The van der Waals surface area contributed by atoms with Gasteiger partial charge in [-0.1, -0.05) is 12.1 Å². The van der Waals surface area contributed by atoms with E-state index in [1.165, 1.54) is 0 Å². The molecule has 2 aromatic heterocycles. The maximum atomic E-state index is 12.7. The van der Waals surface area contributed by atoms with Crippen molar-refractivity contribution in [3.8, 4) is 0 Å². The second-order valence-electron chi connectivity index (χ2n) is 7.01. The molecule has 0 aliphatic carbocycles. The molecule has 1 amide bonds. The molecule has 2 heterocycles. The Balaban J connectivity index is 1.58. The highest BCUT2D eigenvalue weighted by molar-refractivity contribution is 6.08. The Bertz CT molecular complexity index is 1330. The first-order valence-electron chi connectivity index (χ1n) is 9.34. The molecule has 0 atom stereocenters. The maximum Gasteiger partial charge on any atom is 0.272 e. The van der Waals surface area contributed by atoms with Gasteiger partial charge in [0.1, 0.15) is 5.69 Å². The lowest BCUT2D eigenvalue weighted by Crippen LogP contribution is -2.22. The number of hydrogen-bond acceptors (Lipinski definition) is 4. The van der Waals surface area contributed by atoms with Crippen molar-refractivity contribution in [2.24, 2.45) is 21.7 Å². The van der Waals surface area contributed by atoms with Crippen LogP contribution in [0.3, 0.4) is 0 Å². The smallest absolute Gasteiger partial charge is 0.272 e. The molecule has 6 N–H and O–H groups in total. The number of nitrogens with one attached hydrogen (secondary N) is 2. The van der Waals surface area contributed by atoms with Crippen LogP contribution in [0.5, 0.6) is 0 Å². The van der Waals surface area contributed by atoms with Crippen molar-refractivity contribution in [1.29, 1.82) is 0 Å². The van der Waals surface area contributed by atoms with E-state index in [-0.39, 0.29) is 11.9 Å². The third-order valence-corrected chi connectivity index (χ3v) is 4.68. The lowest BCUT2D eigenvalue weighted by Gasteiger charge is -2.05. The number of aromatic amines is 1. The van der Waals surface area contributed by atoms with Gasteiger partial charge < -0.3 is 21.8 Å². The summed E-state index contributed by atoms with van der Waals surface area (Å²) in [4.78, 5) is 20.4. The van der Waals surface area contributed by atoms with Gasteiger partial charge in [0.05, 0.1) is 11.2 Å². The summed E-state index contributed by atoms with van der Waals surface area (Å²) in [7, 11) is 0. The van der Waals surface area contributed by atoms with Crippen LogP contribution in [-0.4, -0.2) is 27.5 Å². The third kappa shape index (κ3) is 3.97. The average molecular weight is 399 g/mol. The number of aryl methyl sites for hydroxylation is 1. The minimum absolute atomic E-state index is 0.101. The van der Waals surface area contributed by atoms with Crippen molar-refractivity contribution in [3.05, 3.63) is 71.5 Å². The number of nitrogens with two attached hydrogens (primary N) is 2. The molecule has 4 aromatic rings. The number of guanidine groups is 1. The van der Waals surface area contributed by atoms with Crippen LogP contribution < -0.4 is 16.8 Å². The Morgan fingerprint density at radius 2 is 1.83 bits per heavy atom. The minimum Gasteiger partial charge on any atom is -0.369 e. The summed E-state index contributed by atoms with van der Waals surface area (Å²) in [6.45, 7) is 3.76. The van der Waals surface area contributed by atoms with Crippen molar-refractivity contribution < 1.29 is 4.79 Å². The van der Waals surface area contributed by atoms with E-state index in [1.54, 1.807) is 6.07 Å². The van der Waals surface area contributed by atoms with Gasteiger partial charge in [-0.2, -0.15) is 5.10 Å². The number of H-pyrrole nitrogens is 1. The number of hydrogen-bond donors (Lipinski definition) is 4. The molecule has 0 unspecified atom stereocenters. The zero-order valence-electron chi connectivity index (χ0n) is 16.6. The number of pyridine rings is 1. The van der Waals surface area contributed by atoms with E-state index in [0.717, 1.165) is 33.1 Å². The van der Waals surface area contributed by atoms with Gasteiger partial charge in [-0.3, -0.25) is 9.78 Å². The van der Waals surface area contributed by atoms with E-state index >= 15 is 0 Å². The summed E-state index contributed by atoms with van der Waals surface area (Å²) in [6, 6.07) is 17.1. The Labute approximate surface area is 172 Å². The van der Waals surface area contributed by atoms with Crippen LogP contribution >= 0.6 is 0 Å². The summed E-state index contributed by atoms with van der Waals surface area (Å²) < 4.78 is 0. The highest BCUT2D eigenvalue weighted by atomic mass is 16.1. The van der Waals surface area contributed by atoms with E-state index < -0.39 is 0 Å². The molecule has 30 heavy (non-hydrogen) atoms. The fraction of sp³-hybridized carbons (Fsp3) is 0.0909. The number of benzene rings is 2. The monoisotopic (exact) mass is 399 g/mol. The van der Waals surface area contributed by atoms with Crippen LogP contribution in [0.4, 0.5) is 5.69 Å². The fourth-order valence-corrected chi connectivity index (χ4v) is 3.17. The molecule has 0 aliphatic heterocycles. The molecule has 0 radical (unpaired) electrons. The lowest BCUT2D eigenvalue weighted by atomic mass is 10.1. The summed E-state index contributed by atoms with van der Waals surface area (Å²) in [5.41, 5.74) is 16.0. The Morgan fingerprint density at radius 1 is 1.00 bits per heavy atom. The van der Waals surface area contributed by atoms with Crippen molar-refractivity contribution in [2.75, 3.05) is 5.32 Å². The van der Waals surface area contributed by atoms with Gasteiger partial charge in [-0.15, -0.1) is 5.10 Å². The SMILES string of the molecule is CC(=NN=C(N)N)c1ccc2[nH]c(C(=O)Nc3ccc4nc(C)ccc4c3)cc2c1. The van der Waals surface area contributed by atoms with Crippen LogP contribution in [0.15, 0.2) is 64.8 Å². The van der Waals surface area contributed by atoms with Crippen molar-refractivity contribution in [2.45, 2.75) is 13.8 Å². The number of nitrogens with zero attached hydrogens (tertiary/aromatic N) is 3. The summed E-state index contributed by atoms with van der Waals surface area (Å²) in [5, 5.41) is 12.4. The second kappa shape index (κ2) is 7.67. The molecule has 8 heteroatoms. The van der Waals surface area contributed by atoms with Gasteiger partial charge in [-0.05, 0) is 61.9 Å². The zero-order chi connectivity index (χ0) is 21.3. The Morgan fingerprint density at radius 3 is 2.63 bits per heavy atom. The first kappa shape index (κ1) is 19.1. The Hall–Kier alpha value is -4.20. The molecule has 0 bridgehead atoms. The van der Waals surface area contributed by atoms with E-state index in [2.05, 4.69) is 25.5 Å². The highest BCUT2D eigenvalue weighted by Crippen LogP contribution is 2.21. The van der Waals surface area contributed by atoms with Crippen molar-refractivity contribution >= 4 is 45.1 Å². The third-order valence-electron chi connectivity index (χ3n) is 4.68. The number of anilines is 1. The van der Waals surface area contributed by atoms with Crippen LogP contribution in [0, 0.1) is 6.92 Å². The molecule has 0 saturated heterocycles. The number of aromatic nitrogens is 2. The van der Waals surface area contributed by atoms with Gasteiger partial charge in [0.15, 0.2) is 0 Å². The van der Waals surface area contributed by atoms with Crippen LogP contribution in [-0.2, 0) is 0 Å². The second-order valence-corrected chi connectivity index (χ2v) is 7.01. The Kier molecular flexibility index (Phi) is 4.89. The molecule has 4 rings (SSSR count). The molecule has 0 fully saturated rings. The van der Waals surface area contributed by atoms with Crippen molar-refractivity contribution in [3.63, 3.8) is 0 Å². The van der Waals surface area contributed by atoms with Crippen LogP contribution in [0.1, 0.15) is 28.7 Å². The van der Waals surface area contributed by atoms with E-state index in [4.69, 9.17) is 11.5 Å². The zero-order valence-corrected chi connectivity index (χ0v) is 16.6. The van der Waals surface area contributed by atoms with Gasteiger partial charge in [0.25, 0.3) is 5.91 Å². The van der Waals surface area contributed by atoms with Crippen molar-refractivity contribution in [1.82, 2.24) is 9.97 Å². The topological polar surface area (TPSA) is 135 Å². The molecule has 8 nitrogen and oxygen atoms in total. The largest absolute Gasteiger partial charge is 0.369 e. The number of amides is 1. The standard InChI is InChI=1S/C22H21N7O/c1-12-3-4-15-10-17(6-8-18(15)25-12)26-21(30)20-11-16-9-14(5-7-19(16)27-20)13(2)28-29-22(23)24/h3-11,27H,1-2H3,(H,26,30)(H4,23,24,29). The van der Waals surface area contributed by atoms with Gasteiger partial charge in [0.2, 0.25) is 5.96 Å². The highest BCUT2D eigenvalue weighted by Gasteiger charge is 2.11. The number of fused-ring (bicyclic) bond motifs is 2. The van der Waals surface area contributed by atoms with Gasteiger partial charge in [-0.25, -0.2) is 0 Å². The van der Waals surface area contributed by atoms with E-state index in [1.807, 2.05) is 62.4 Å². The van der Waals surface area contributed by atoms with Crippen LogP contribution in [0.2, 0.25) is 0 Å². The normalized spacial score (nSPS) is 11.6. The summed E-state index contributed by atoms with van der Waals surface area (Å²) in [6.07, 6.45) is 0. The molecule has 0 saturated carbocycles. The molecule has 0 spiro atoms. The molecule has 0 aliphatic rings. The van der Waals surface area contributed by atoms with Gasteiger partial charge >= 0.3 is 0 Å². The lowest BCUT2D eigenvalue weighted by molar-refractivity contribution is 0.102. The predicted molar refractivity (Wildman–Crippen MR) is 121 cm³/mol. The predicted octanol–water partition coefficient (Wildman–Crippen LogP) is 3.27. The molecule has 150 valence electrons. The number of rotatable bonds is 4. The fourth-order valence-electron chi connectivity index (χ4n) is 3.17. The minimum atomic E-state index is -0.224. The first-order valence-corrected chi connectivity index (χ1v) is 9.34. The van der Waals surface area contributed by atoms with Crippen LogP contribution in [0.25, 0.3) is 21.8 Å². The summed E-state index contributed by atoms with van der Waals surface area (Å²) >= 11 is 0. The van der Waals surface area contributed by atoms with Gasteiger partial charge in [0, 0.05) is 27.7 Å². The molecular weight excluding hydrogens is 378 g/mol. The number of carbonyl (C=O) groups excluding carboxylic acids is 1. The number of carbonyl (C=O) groups is 1. The van der Waals surface area contributed by atoms with E-state index in [9.17, 15) is 4.79 Å².